The Labute approximate surface area is 104 Å². The van der Waals surface area contributed by atoms with Crippen LogP contribution in [0.3, 0.4) is 0 Å². The van der Waals surface area contributed by atoms with E-state index in [1.165, 1.54) is 28.0 Å². The molecule has 2 N–H and O–H groups in total. The molecule has 0 aliphatic heterocycles. The van der Waals surface area contributed by atoms with Crippen molar-refractivity contribution in [2.45, 2.75) is 32.2 Å². The first-order valence-corrected chi connectivity index (χ1v) is 6.26. The number of rotatable bonds is 3. The Hall–Kier alpha value is -1.22. The first-order valence-electron chi connectivity index (χ1n) is 6.26. The van der Waals surface area contributed by atoms with Crippen LogP contribution in [0.25, 0.3) is 11.5 Å². The van der Waals surface area contributed by atoms with Crippen LogP contribution < -0.4 is 16.3 Å². The fourth-order valence-corrected chi connectivity index (χ4v) is 2.56. The molecule has 0 bridgehead atoms. The zero-order valence-corrected chi connectivity index (χ0v) is 11.1. The molecule has 17 heavy (non-hydrogen) atoms. The lowest BCUT2D eigenvalue weighted by molar-refractivity contribution is 0.761. The second-order valence-electron chi connectivity index (χ2n) is 5.21. The van der Waals surface area contributed by atoms with Crippen LogP contribution in [0.2, 0.25) is 0 Å². The Balaban J connectivity index is 2.51. The summed E-state index contributed by atoms with van der Waals surface area (Å²) < 4.78 is 2.22. The van der Waals surface area contributed by atoms with E-state index in [-0.39, 0.29) is 6.04 Å². The van der Waals surface area contributed by atoms with Gasteiger partial charge < -0.3 is 10.3 Å². The molecule has 0 fully saturated rings. The van der Waals surface area contributed by atoms with Gasteiger partial charge in [-0.2, -0.15) is 0 Å². The van der Waals surface area contributed by atoms with Crippen LogP contribution in [-0.4, -0.2) is 18.5 Å². The highest BCUT2D eigenvalue weighted by Gasteiger charge is 2.12. The van der Waals surface area contributed by atoms with Crippen molar-refractivity contribution in [3.8, 4) is 0 Å². The molecule has 0 saturated carbocycles. The van der Waals surface area contributed by atoms with E-state index in [0.717, 1.165) is 18.4 Å². The van der Waals surface area contributed by atoms with Crippen LogP contribution in [0.5, 0.6) is 0 Å². The van der Waals surface area contributed by atoms with Crippen LogP contribution >= 0.6 is 0 Å². The molecule has 1 atom stereocenters. The average molecular weight is 228 g/mol. The van der Waals surface area contributed by atoms with Crippen molar-refractivity contribution in [2.75, 3.05) is 0 Å². The van der Waals surface area contributed by atoms with Crippen LogP contribution in [-0.2, 0) is 13.5 Å². The van der Waals surface area contributed by atoms with Crippen molar-refractivity contribution in [1.82, 2.24) is 4.57 Å². The number of fused-ring (bicyclic) bond motifs is 1. The van der Waals surface area contributed by atoms with Gasteiger partial charge in [0.2, 0.25) is 0 Å². The van der Waals surface area contributed by atoms with Gasteiger partial charge in [0.15, 0.2) is 0 Å². The zero-order chi connectivity index (χ0) is 12.6. The molecule has 2 nitrogen and oxygen atoms in total. The summed E-state index contributed by atoms with van der Waals surface area (Å²) in [4.78, 5) is 0. The third kappa shape index (κ3) is 2.25. The third-order valence-electron chi connectivity index (χ3n) is 3.66. The van der Waals surface area contributed by atoms with E-state index < -0.39 is 0 Å². The molecule has 1 aliphatic rings. The second kappa shape index (κ2) is 4.57. The van der Waals surface area contributed by atoms with Gasteiger partial charge >= 0.3 is 0 Å². The van der Waals surface area contributed by atoms with E-state index in [1.807, 2.05) is 6.92 Å². The van der Waals surface area contributed by atoms with Crippen molar-refractivity contribution < 1.29 is 0 Å². The standard InChI is InChI=1S/C14H21BN2/c1-9(2)12(16)7-10-8-17(3)13-6-4-5-11(15)14(10)13/h6,8,12H,1,4-5,7,15-16H2,2-3H3. The van der Waals surface area contributed by atoms with Gasteiger partial charge in [-0.05, 0) is 37.0 Å². The quantitative estimate of drug-likeness (QED) is 0.563. The van der Waals surface area contributed by atoms with Gasteiger partial charge in [-0.15, -0.1) is 5.47 Å². The lowest BCUT2D eigenvalue weighted by atomic mass is 9.85. The maximum absolute atomic E-state index is 6.11. The molecule has 1 aromatic heterocycles. The van der Waals surface area contributed by atoms with E-state index >= 15 is 0 Å². The van der Waals surface area contributed by atoms with Gasteiger partial charge in [0.25, 0.3) is 0 Å². The third-order valence-corrected chi connectivity index (χ3v) is 3.66. The summed E-state index contributed by atoms with van der Waals surface area (Å²) in [5, 5.41) is 2.79. The Morgan fingerprint density at radius 3 is 3.00 bits per heavy atom. The predicted octanol–water partition coefficient (Wildman–Crippen LogP) is -0.213. The van der Waals surface area contributed by atoms with E-state index in [9.17, 15) is 0 Å². The van der Waals surface area contributed by atoms with Crippen LogP contribution in [0, 0.1) is 0 Å². The maximum Gasteiger partial charge on any atom is 0.134 e. The maximum atomic E-state index is 6.11. The van der Waals surface area contributed by atoms with Gasteiger partial charge in [0, 0.05) is 24.6 Å². The minimum atomic E-state index is 0.0660. The monoisotopic (exact) mass is 228 g/mol. The summed E-state index contributed by atoms with van der Waals surface area (Å²) in [6.07, 6.45) is 7.77. The van der Waals surface area contributed by atoms with Gasteiger partial charge in [0.05, 0.1) is 0 Å². The summed E-state index contributed by atoms with van der Waals surface area (Å²) in [5.41, 5.74) is 10.0. The molecule has 1 heterocycles. The number of aromatic nitrogens is 1. The minimum Gasteiger partial charge on any atom is -0.351 e. The molecule has 0 amide bonds. The fourth-order valence-electron chi connectivity index (χ4n) is 2.56. The van der Waals surface area contributed by atoms with E-state index in [4.69, 9.17) is 5.73 Å². The summed E-state index contributed by atoms with van der Waals surface area (Å²) in [7, 11) is 4.35. The molecule has 0 aromatic carbocycles. The molecule has 1 unspecified atom stereocenters. The van der Waals surface area contributed by atoms with Crippen LogP contribution in [0.1, 0.15) is 25.3 Å². The average Bonchev–Trinajstić information content (AvgIpc) is 2.57. The second-order valence-corrected chi connectivity index (χ2v) is 5.21. The molecule has 0 saturated heterocycles. The van der Waals surface area contributed by atoms with Gasteiger partial charge in [-0.25, -0.2) is 0 Å². The van der Waals surface area contributed by atoms with Crippen molar-refractivity contribution in [2.24, 2.45) is 12.8 Å². The topological polar surface area (TPSA) is 30.9 Å². The van der Waals surface area contributed by atoms with Crippen molar-refractivity contribution >= 4 is 19.4 Å². The summed E-state index contributed by atoms with van der Waals surface area (Å²) in [6, 6.07) is 0.0660. The minimum absolute atomic E-state index is 0.0660. The normalized spacial score (nSPS) is 16.3. The highest BCUT2D eigenvalue weighted by atomic mass is 14.9. The smallest absolute Gasteiger partial charge is 0.134 e. The molecule has 0 spiro atoms. The highest BCUT2D eigenvalue weighted by Crippen LogP contribution is 2.08. The number of aryl methyl sites for hydroxylation is 1. The van der Waals surface area contributed by atoms with Gasteiger partial charge in [-0.3, -0.25) is 0 Å². The first-order chi connectivity index (χ1) is 8.00. The van der Waals surface area contributed by atoms with Gasteiger partial charge in [-0.1, -0.05) is 18.2 Å². The Bertz CT molecular complexity index is 566. The van der Waals surface area contributed by atoms with Crippen LogP contribution in [0.4, 0.5) is 0 Å². The lowest BCUT2D eigenvalue weighted by Gasteiger charge is -2.11. The number of hydrogen-bond donors (Lipinski definition) is 1. The largest absolute Gasteiger partial charge is 0.351 e. The Kier molecular flexibility index (Phi) is 3.29. The summed E-state index contributed by atoms with van der Waals surface area (Å²) >= 11 is 0. The molecular formula is C14H21BN2. The molecule has 3 heteroatoms. The number of nitrogens with two attached hydrogens (primary N) is 1. The molecule has 0 radical (unpaired) electrons. The lowest BCUT2D eigenvalue weighted by Crippen LogP contribution is -2.35. The van der Waals surface area contributed by atoms with E-state index in [1.54, 1.807) is 0 Å². The summed E-state index contributed by atoms with van der Waals surface area (Å²) in [5.74, 6) is 0. The van der Waals surface area contributed by atoms with Crippen LogP contribution in [0.15, 0.2) is 18.3 Å². The number of nitrogens with zero attached hydrogens (tertiary/aromatic N) is 1. The van der Waals surface area contributed by atoms with Gasteiger partial charge in [0.1, 0.15) is 7.85 Å². The summed E-state index contributed by atoms with van der Waals surface area (Å²) in [6.45, 7) is 5.95. The van der Waals surface area contributed by atoms with Crippen molar-refractivity contribution in [3.05, 3.63) is 34.5 Å². The Morgan fingerprint density at radius 1 is 1.65 bits per heavy atom. The first kappa shape index (κ1) is 12.2. The van der Waals surface area contributed by atoms with E-state index in [0.29, 0.717) is 0 Å². The van der Waals surface area contributed by atoms with Crippen molar-refractivity contribution in [3.63, 3.8) is 0 Å². The SMILES string of the molecule is BC1=c2c(CC(N)C(=C)C)cn(C)c2=CCC1. The molecule has 1 aliphatic carbocycles. The fraction of sp³-hybridized carbons (Fsp3) is 0.429. The predicted molar refractivity (Wildman–Crippen MR) is 76.8 cm³/mol. The Morgan fingerprint density at radius 2 is 2.35 bits per heavy atom. The zero-order valence-electron chi connectivity index (χ0n) is 11.1. The molecule has 90 valence electrons. The molecule has 2 rings (SSSR count). The molecular weight excluding hydrogens is 207 g/mol. The van der Waals surface area contributed by atoms with E-state index in [2.05, 4.69) is 38.3 Å². The number of hydrogen-bond acceptors (Lipinski definition) is 1. The molecule has 1 aromatic rings. The highest BCUT2D eigenvalue weighted by molar-refractivity contribution is 6.38. The van der Waals surface area contributed by atoms with Crippen molar-refractivity contribution in [1.29, 1.82) is 0 Å².